The Morgan fingerprint density at radius 1 is 1.30 bits per heavy atom. The van der Waals surface area contributed by atoms with Gasteiger partial charge in [0, 0.05) is 17.4 Å². The number of rotatable bonds is 5. The van der Waals surface area contributed by atoms with Crippen molar-refractivity contribution in [2.24, 2.45) is 0 Å². The number of aliphatic hydroxyl groups excluding tert-OH is 1. The molecule has 1 heterocycles. The van der Waals surface area contributed by atoms with Gasteiger partial charge in [-0.15, -0.1) is 0 Å². The molecule has 0 saturated carbocycles. The highest BCUT2D eigenvalue weighted by molar-refractivity contribution is 6.30. The van der Waals surface area contributed by atoms with Gasteiger partial charge in [-0.3, -0.25) is 0 Å². The Balaban J connectivity index is 0.000000956. The van der Waals surface area contributed by atoms with Crippen LogP contribution in [0.4, 0.5) is 0 Å². The molecule has 0 bridgehead atoms. The van der Waals surface area contributed by atoms with Crippen molar-refractivity contribution in [3.8, 4) is 5.75 Å². The van der Waals surface area contributed by atoms with E-state index in [0.29, 0.717) is 17.3 Å². The maximum absolute atomic E-state index is 9.86. The standard InChI is InChI=1S/C13H15ClN2O2.C2H6/c1-10-15-6-7-16(10)8-12(17)9-18-13-4-2-11(14)3-5-13;1-2/h2-7,12,17H,8-9H2,1H3;1-2H3. The summed E-state index contributed by atoms with van der Waals surface area (Å²) in [6.45, 7) is 6.60. The third-order valence-corrected chi connectivity index (χ3v) is 2.84. The fraction of sp³-hybridized carbons (Fsp3) is 0.400. The van der Waals surface area contributed by atoms with E-state index in [2.05, 4.69) is 4.98 Å². The van der Waals surface area contributed by atoms with Gasteiger partial charge >= 0.3 is 0 Å². The molecule has 5 heteroatoms. The van der Waals surface area contributed by atoms with Crippen LogP contribution >= 0.6 is 11.6 Å². The summed E-state index contributed by atoms with van der Waals surface area (Å²) in [6, 6.07) is 7.06. The van der Waals surface area contributed by atoms with E-state index in [1.54, 1.807) is 30.5 Å². The van der Waals surface area contributed by atoms with Crippen molar-refractivity contribution in [1.29, 1.82) is 0 Å². The lowest BCUT2D eigenvalue weighted by atomic mass is 10.3. The first kappa shape index (κ1) is 16.5. The molecule has 1 atom stereocenters. The van der Waals surface area contributed by atoms with E-state index in [4.69, 9.17) is 16.3 Å². The average molecular weight is 297 g/mol. The topological polar surface area (TPSA) is 47.3 Å². The second-order valence-corrected chi connectivity index (χ2v) is 4.48. The quantitative estimate of drug-likeness (QED) is 0.921. The first-order valence-electron chi connectivity index (χ1n) is 6.69. The average Bonchev–Trinajstić information content (AvgIpc) is 2.86. The van der Waals surface area contributed by atoms with Gasteiger partial charge in [0.1, 0.15) is 24.3 Å². The highest BCUT2D eigenvalue weighted by Gasteiger charge is 2.07. The van der Waals surface area contributed by atoms with Crippen molar-refractivity contribution in [1.82, 2.24) is 9.55 Å². The molecule has 0 radical (unpaired) electrons. The predicted octanol–water partition coefficient (Wildman–Crippen LogP) is 3.31. The van der Waals surface area contributed by atoms with Crippen molar-refractivity contribution in [2.75, 3.05) is 6.61 Å². The monoisotopic (exact) mass is 296 g/mol. The summed E-state index contributed by atoms with van der Waals surface area (Å²) in [7, 11) is 0. The summed E-state index contributed by atoms with van der Waals surface area (Å²) in [5, 5.41) is 10.5. The number of aliphatic hydroxyl groups is 1. The summed E-state index contributed by atoms with van der Waals surface area (Å²) in [5.41, 5.74) is 0. The van der Waals surface area contributed by atoms with E-state index < -0.39 is 6.10 Å². The molecule has 2 rings (SSSR count). The molecule has 0 spiro atoms. The maximum atomic E-state index is 9.86. The summed E-state index contributed by atoms with van der Waals surface area (Å²) in [6.07, 6.45) is 2.97. The molecule has 1 unspecified atom stereocenters. The smallest absolute Gasteiger partial charge is 0.119 e. The fourth-order valence-electron chi connectivity index (χ4n) is 1.60. The number of ether oxygens (including phenoxy) is 1. The summed E-state index contributed by atoms with van der Waals surface area (Å²) < 4.78 is 7.35. The first-order chi connectivity index (χ1) is 9.65. The molecule has 20 heavy (non-hydrogen) atoms. The number of hydrogen-bond acceptors (Lipinski definition) is 3. The van der Waals surface area contributed by atoms with E-state index >= 15 is 0 Å². The van der Waals surface area contributed by atoms with Crippen molar-refractivity contribution < 1.29 is 9.84 Å². The van der Waals surface area contributed by atoms with Gasteiger partial charge in [0.05, 0.1) is 6.54 Å². The first-order valence-corrected chi connectivity index (χ1v) is 7.07. The van der Waals surface area contributed by atoms with Gasteiger partial charge in [-0.1, -0.05) is 25.4 Å². The third-order valence-electron chi connectivity index (χ3n) is 2.59. The van der Waals surface area contributed by atoms with E-state index in [9.17, 15) is 5.11 Å². The van der Waals surface area contributed by atoms with Crippen LogP contribution in [0.25, 0.3) is 0 Å². The molecule has 4 nitrogen and oxygen atoms in total. The Morgan fingerprint density at radius 3 is 2.50 bits per heavy atom. The van der Waals surface area contributed by atoms with Crippen molar-refractivity contribution in [2.45, 2.75) is 33.4 Å². The summed E-state index contributed by atoms with van der Waals surface area (Å²) >= 11 is 5.77. The van der Waals surface area contributed by atoms with Gasteiger partial charge in [-0.2, -0.15) is 0 Å². The molecule has 1 aromatic carbocycles. The zero-order chi connectivity index (χ0) is 15.0. The molecule has 0 aliphatic rings. The van der Waals surface area contributed by atoms with Crippen LogP contribution in [-0.4, -0.2) is 27.4 Å². The van der Waals surface area contributed by atoms with Crippen LogP contribution in [0.5, 0.6) is 5.75 Å². The number of halogens is 1. The van der Waals surface area contributed by atoms with E-state index in [0.717, 1.165) is 5.82 Å². The molecule has 0 aliphatic carbocycles. The van der Waals surface area contributed by atoms with Crippen LogP contribution in [-0.2, 0) is 6.54 Å². The summed E-state index contributed by atoms with van der Waals surface area (Å²) in [4.78, 5) is 4.09. The molecule has 1 N–H and O–H groups in total. The number of imidazole rings is 1. The Morgan fingerprint density at radius 2 is 1.95 bits per heavy atom. The molecule has 0 amide bonds. The normalized spacial score (nSPS) is 11.4. The largest absolute Gasteiger partial charge is 0.491 e. The lowest BCUT2D eigenvalue weighted by molar-refractivity contribution is 0.0919. The molecule has 0 saturated heterocycles. The van der Waals surface area contributed by atoms with Gasteiger partial charge in [-0.05, 0) is 31.2 Å². The molecule has 1 aromatic heterocycles. The van der Waals surface area contributed by atoms with Crippen LogP contribution in [0.2, 0.25) is 5.02 Å². The zero-order valence-corrected chi connectivity index (χ0v) is 12.8. The minimum absolute atomic E-state index is 0.235. The molecule has 2 aromatic rings. The number of benzene rings is 1. The van der Waals surface area contributed by atoms with E-state index in [1.165, 1.54) is 0 Å². The molecule has 110 valence electrons. The fourth-order valence-corrected chi connectivity index (χ4v) is 1.73. The minimum atomic E-state index is -0.575. The number of hydrogen-bond donors (Lipinski definition) is 1. The van der Waals surface area contributed by atoms with Crippen LogP contribution in [0, 0.1) is 6.92 Å². The van der Waals surface area contributed by atoms with Crippen LogP contribution in [0.1, 0.15) is 19.7 Å². The maximum Gasteiger partial charge on any atom is 0.119 e. The second kappa shape index (κ2) is 8.61. The van der Waals surface area contributed by atoms with Gasteiger partial charge in [0.25, 0.3) is 0 Å². The van der Waals surface area contributed by atoms with Crippen LogP contribution < -0.4 is 4.74 Å². The van der Waals surface area contributed by atoms with Crippen LogP contribution in [0.15, 0.2) is 36.7 Å². The predicted molar refractivity (Wildman–Crippen MR) is 81.3 cm³/mol. The Labute approximate surface area is 125 Å². The SMILES string of the molecule is CC.Cc1nccn1CC(O)COc1ccc(Cl)cc1. The number of aromatic nitrogens is 2. The van der Waals surface area contributed by atoms with Gasteiger partial charge in [-0.25, -0.2) is 4.98 Å². The van der Waals surface area contributed by atoms with Crippen molar-refractivity contribution in [3.05, 3.63) is 47.5 Å². The lowest BCUT2D eigenvalue weighted by Gasteiger charge is -2.13. The molecule has 0 aliphatic heterocycles. The van der Waals surface area contributed by atoms with Crippen molar-refractivity contribution >= 4 is 11.6 Å². The second-order valence-electron chi connectivity index (χ2n) is 4.05. The van der Waals surface area contributed by atoms with Gasteiger partial charge in [0.2, 0.25) is 0 Å². The Kier molecular flexibility index (Phi) is 7.12. The molecular formula is C15H21ClN2O2. The third kappa shape index (κ3) is 5.23. The number of nitrogens with zero attached hydrogens (tertiary/aromatic N) is 2. The molecule has 0 fully saturated rings. The zero-order valence-electron chi connectivity index (χ0n) is 12.1. The molecular weight excluding hydrogens is 276 g/mol. The van der Waals surface area contributed by atoms with Gasteiger partial charge < -0.3 is 14.4 Å². The lowest BCUT2D eigenvalue weighted by Crippen LogP contribution is -2.23. The minimum Gasteiger partial charge on any atom is -0.491 e. The Bertz CT molecular complexity index is 497. The Hall–Kier alpha value is -1.52. The van der Waals surface area contributed by atoms with E-state index in [1.807, 2.05) is 31.5 Å². The van der Waals surface area contributed by atoms with Gasteiger partial charge in [0.15, 0.2) is 0 Å². The summed E-state index contributed by atoms with van der Waals surface area (Å²) in [5.74, 6) is 1.57. The van der Waals surface area contributed by atoms with E-state index in [-0.39, 0.29) is 6.61 Å². The number of aryl methyl sites for hydroxylation is 1. The highest BCUT2D eigenvalue weighted by atomic mass is 35.5. The van der Waals surface area contributed by atoms with Crippen LogP contribution in [0.3, 0.4) is 0 Å². The van der Waals surface area contributed by atoms with Crippen molar-refractivity contribution in [3.63, 3.8) is 0 Å². The highest BCUT2D eigenvalue weighted by Crippen LogP contribution is 2.15.